The summed E-state index contributed by atoms with van der Waals surface area (Å²) in [6.45, 7) is 3.93. The molecule has 0 saturated carbocycles. The first kappa shape index (κ1) is 15.0. The molecule has 1 aromatic rings. The van der Waals surface area contributed by atoms with Gasteiger partial charge in [0.1, 0.15) is 5.82 Å². The molecule has 0 aliphatic carbocycles. The number of thioether (sulfide) groups is 1. The van der Waals surface area contributed by atoms with Gasteiger partial charge in [0.15, 0.2) is 11.1 Å². The Kier molecular flexibility index (Phi) is 5.37. The van der Waals surface area contributed by atoms with Gasteiger partial charge in [0.05, 0.1) is 11.9 Å². The summed E-state index contributed by atoms with van der Waals surface area (Å²) in [5.41, 5.74) is 10.2. The van der Waals surface area contributed by atoms with E-state index in [1.807, 2.05) is 13.8 Å². The number of hydrogen-bond acceptors (Lipinski definition) is 4. The Morgan fingerprint density at radius 2 is 2.32 bits per heavy atom. The van der Waals surface area contributed by atoms with Gasteiger partial charge in [-0.2, -0.15) is 10.1 Å². The third kappa shape index (κ3) is 5.00. The summed E-state index contributed by atoms with van der Waals surface area (Å²) in [5.74, 6) is 0.228. The zero-order valence-corrected chi connectivity index (χ0v) is 11.6. The molecule has 0 bridgehead atoms. The van der Waals surface area contributed by atoms with E-state index >= 15 is 0 Å². The number of aromatic nitrogens is 2. The lowest BCUT2D eigenvalue weighted by atomic mass is 10.4. The minimum atomic E-state index is -0.247. The van der Waals surface area contributed by atoms with Gasteiger partial charge in [-0.15, -0.1) is 0 Å². The third-order valence-corrected chi connectivity index (χ3v) is 2.77. The average molecular weight is 283 g/mol. The van der Waals surface area contributed by atoms with Gasteiger partial charge >= 0.3 is 0 Å². The van der Waals surface area contributed by atoms with Crippen molar-refractivity contribution in [2.45, 2.75) is 19.9 Å². The van der Waals surface area contributed by atoms with Gasteiger partial charge in [-0.05, 0) is 13.8 Å². The van der Waals surface area contributed by atoms with E-state index in [-0.39, 0.29) is 28.8 Å². The number of nitrogens with two attached hydrogens (primary N) is 2. The van der Waals surface area contributed by atoms with Crippen LogP contribution in [0.2, 0.25) is 0 Å². The first-order valence-corrected chi connectivity index (χ1v) is 6.53. The zero-order valence-electron chi connectivity index (χ0n) is 10.8. The minimum Gasteiger partial charge on any atom is -0.370 e. The molecule has 19 heavy (non-hydrogen) atoms. The van der Waals surface area contributed by atoms with Crippen molar-refractivity contribution in [2.24, 2.45) is 16.5 Å². The number of guanidine groups is 1. The SMILES string of the molecule is CC(C)n1nccc1NC(=O)CSC(=N)N=C(N)N. The van der Waals surface area contributed by atoms with E-state index in [0.717, 1.165) is 11.8 Å². The number of carbonyl (C=O) groups excluding carboxylic acids is 1. The molecular formula is C10H17N7OS. The molecule has 0 aliphatic heterocycles. The van der Waals surface area contributed by atoms with Crippen molar-refractivity contribution in [3.63, 3.8) is 0 Å². The molecule has 0 aromatic carbocycles. The van der Waals surface area contributed by atoms with Crippen LogP contribution in [0.5, 0.6) is 0 Å². The van der Waals surface area contributed by atoms with Crippen LogP contribution in [0.1, 0.15) is 19.9 Å². The summed E-state index contributed by atoms with van der Waals surface area (Å²) in [4.78, 5) is 15.2. The highest BCUT2D eigenvalue weighted by molar-refractivity contribution is 8.14. The van der Waals surface area contributed by atoms with Crippen molar-refractivity contribution in [2.75, 3.05) is 11.1 Å². The second-order valence-corrected chi connectivity index (χ2v) is 4.90. The second-order valence-electron chi connectivity index (χ2n) is 3.93. The number of amides is 1. The van der Waals surface area contributed by atoms with Gasteiger partial charge in [-0.3, -0.25) is 10.2 Å². The van der Waals surface area contributed by atoms with Gasteiger partial charge < -0.3 is 16.8 Å². The van der Waals surface area contributed by atoms with Crippen molar-refractivity contribution < 1.29 is 4.79 Å². The monoisotopic (exact) mass is 283 g/mol. The molecule has 0 atom stereocenters. The number of rotatable bonds is 4. The van der Waals surface area contributed by atoms with Crippen LogP contribution in [0.25, 0.3) is 0 Å². The average Bonchev–Trinajstić information content (AvgIpc) is 2.73. The number of aliphatic imine (C=N–C) groups is 1. The fraction of sp³-hybridized carbons (Fsp3) is 0.400. The maximum atomic E-state index is 11.7. The fourth-order valence-electron chi connectivity index (χ4n) is 1.29. The van der Waals surface area contributed by atoms with Crippen molar-refractivity contribution in [1.29, 1.82) is 5.41 Å². The molecule has 9 heteroatoms. The Balaban J connectivity index is 2.50. The number of nitrogens with zero attached hydrogens (tertiary/aromatic N) is 3. The molecule has 0 unspecified atom stereocenters. The molecule has 1 heterocycles. The summed E-state index contributed by atoms with van der Waals surface area (Å²) < 4.78 is 1.70. The quantitative estimate of drug-likeness (QED) is 0.467. The minimum absolute atomic E-state index is 0.0545. The van der Waals surface area contributed by atoms with Crippen LogP contribution in [0.15, 0.2) is 17.3 Å². The summed E-state index contributed by atoms with van der Waals surface area (Å²) in [7, 11) is 0. The summed E-state index contributed by atoms with van der Waals surface area (Å²) in [5, 5.41) is 14.1. The van der Waals surface area contributed by atoms with Gasteiger partial charge in [-0.25, -0.2) is 4.68 Å². The first-order valence-electron chi connectivity index (χ1n) is 5.54. The van der Waals surface area contributed by atoms with Crippen LogP contribution in [-0.2, 0) is 4.79 Å². The smallest absolute Gasteiger partial charge is 0.235 e. The van der Waals surface area contributed by atoms with E-state index in [9.17, 15) is 4.79 Å². The summed E-state index contributed by atoms with van der Waals surface area (Å²) in [6, 6.07) is 1.86. The maximum Gasteiger partial charge on any atom is 0.235 e. The molecule has 104 valence electrons. The maximum absolute atomic E-state index is 11.7. The fourth-order valence-corrected chi connectivity index (χ4v) is 1.80. The Bertz CT molecular complexity index is 490. The third-order valence-electron chi connectivity index (χ3n) is 2.00. The molecular weight excluding hydrogens is 266 g/mol. The number of nitrogens with one attached hydrogen (secondary N) is 2. The highest BCUT2D eigenvalue weighted by atomic mass is 32.2. The first-order chi connectivity index (χ1) is 8.90. The van der Waals surface area contributed by atoms with E-state index in [1.165, 1.54) is 0 Å². The van der Waals surface area contributed by atoms with E-state index in [1.54, 1.807) is 16.9 Å². The lowest BCUT2D eigenvalue weighted by Crippen LogP contribution is -2.24. The molecule has 6 N–H and O–H groups in total. The zero-order chi connectivity index (χ0) is 14.4. The predicted molar refractivity (Wildman–Crippen MR) is 77.2 cm³/mol. The largest absolute Gasteiger partial charge is 0.370 e. The van der Waals surface area contributed by atoms with Crippen LogP contribution >= 0.6 is 11.8 Å². The number of amidine groups is 1. The second kappa shape index (κ2) is 6.78. The molecule has 0 aliphatic rings. The van der Waals surface area contributed by atoms with Crippen LogP contribution in [0, 0.1) is 5.41 Å². The molecule has 8 nitrogen and oxygen atoms in total. The van der Waals surface area contributed by atoms with Crippen molar-refractivity contribution in [1.82, 2.24) is 9.78 Å². The van der Waals surface area contributed by atoms with Crippen LogP contribution in [-0.4, -0.2) is 32.6 Å². The highest BCUT2D eigenvalue weighted by Crippen LogP contribution is 2.13. The normalized spacial score (nSPS) is 10.3. The van der Waals surface area contributed by atoms with Gasteiger partial charge in [0.2, 0.25) is 5.91 Å². The molecule has 0 spiro atoms. The van der Waals surface area contributed by atoms with Crippen LogP contribution in [0.4, 0.5) is 5.82 Å². The van der Waals surface area contributed by atoms with Gasteiger partial charge in [0, 0.05) is 12.1 Å². The van der Waals surface area contributed by atoms with Gasteiger partial charge in [0.25, 0.3) is 0 Å². The molecule has 1 aromatic heterocycles. The molecule has 1 amide bonds. The number of anilines is 1. The number of carbonyl (C=O) groups is 1. The van der Waals surface area contributed by atoms with E-state index in [2.05, 4.69) is 15.4 Å². The van der Waals surface area contributed by atoms with E-state index < -0.39 is 0 Å². The Labute approximate surface area is 115 Å². The lowest BCUT2D eigenvalue weighted by molar-refractivity contribution is -0.113. The van der Waals surface area contributed by atoms with E-state index in [0.29, 0.717) is 5.82 Å². The standard InChI is InChI=1S/C10H17N7OS/c1-6(2)17-7(3-4-14-17)15-8(18)5-19-10(13)16-9(11)12/h3-4,6H,5H2,1-2H3,(H,15,18)(H5,11,12,13,16). The Hall–Kier alpha value is -2.03. The molecule has 0 saturated heterocycles. The van der Waals surface area contributed by atoms with Crippen molar-refractivity contribution >= 4 is 34.6 Å². The summed E-state index contributed by atoms with van der Waals surface area (Å²) in [6.07, 6.45) is 1.62. The van der Waals surface area contributed by atoms with Crippen molar-refractivity contribution in [3.05, 3.63) is 12.3 Å². The van der Waals surface area contributed by atoms with Crippen LogP contribution < -0.4 is 16.8 Å². The van der Waals surface area contributed by atoms with E-state index in [4.69, 9.17) is 16.9 Å². The topological polar surface area (TPSA) is 135 Å². The molecule has 0 radical (unpaired) electrons. The lowest BCUT2D eigenvalue weighted by Gasteiger charge is -2.11. The van der Waals surface area contributed by atoms with Crippen LogP contribution in [0.3, 0.4) is 0 Å². The Morgan fingerprint density at radius 1 is 1.63 bits per heavy atom. The highest BCUT2D eigenvalue weighted by Gasteiger charge is 2.10. The van der Waals surface area contributed by atoms with Gasteiger partial charge in [-0.1, -0.05) is 11.8 Å². The summed E-state index contributed by atoms with van der Waals surface area (Å²) >= 11 is 0.943. The van der Waals surface area contributed by atoms with Crippen molar-refractivity contribution in [3.8, 4) is 0 Å². The molecule has 1 rings (SSSR count). The molecule has 0 fully saturated rings. The predicted octanol–water partition coefficient (Wildman–Crippen LogP) is 0.344. The number of hydrogen-bond donors (Lipinski definition) is 4. The Morgan fingerprint density at radius 3 is 2.89 bits per heavy atom.